The number of aromatic nitrogens is 3. The van der Waals surface area contributed by atoms with E-state index in [1.54, 1.807) is 30.2 Å². The van der Waals surface area contributed by atoms with Crippen LogP contribution in [0.2, 0.25) is 0 Å². The monoisotopic (exact) mass is 164 g/mol. The lowest BCUT2D eigenvalue weighted by atomic mass is 10.5. The Morgan fingerprint density at radius 1 is 1.50 bits per heavy atom. The van der Waals surface area contributed by atoms with Crippen molar-refractivity contribution in [1.29, 1.82) is 0 Å². The topological polar surface area (TPSA) is 65.4 Å². The van der Waals surface area contributed by atoms with Gasteiger partial charge >= 0.3 is 0 Å². The molecule has 0 amide bonds. The smallest absolute Gasteiger partial charge is 0.243 e. The van der Waals surface area contributed by atoms with Gasteiger partial charge in [0.25, 0.3) is 0 Å². The highest BCUT2D eigenvalue weighted by molar-refractivity contribution is 5.71. The highest BCUT2D eigenvalue weighted by Gasteiger charge is 2.06. The normalized spacial score (nSPS) is 10.4. The average Bonchev–Trinajstić information content (AvgIpc) is 2.49. The number of imidazole rings is 1. The number of hydrogen-bond donors (Lipinski definition) is 1. The van der Waals surface area contributed by atoms with Crippen LogP contribution in [0.5, 0.6) is 5.88 Å². The molecule has 0 aromatic carbocycles. The number of methoxy groups -OCH3 is 1. The molecule has 2 aromatic rings. The average molecular weight is 164 g/mol. The molecule has 0 aliphatic heterocycles. The molecule has 2 aromatic heterocycles. The van der Waals surface area contributed by atoms with Crippen molar-refractivity contribution in [3.8, 4) is 5.88 Å². The summed E-state index contributed by atoms with van der Waals surface area (Å²) in [6.45, 7) is 0. The van der Waals surface area contributed by atoms with E-state index >= 15 is 0 Å². The van der Waals surface area contributed by atoms with Crippen molar-refractivity contribution in [1.82, 2.24) is 14.4 Å². The molecule has 0 atom stereocenters. The van der Waals surface area contributed by atoms with Crippen LogP contribution in [0, 0.1) is 0 Å². The zero-order valence-electron chi connectivity index (χ0n) is 6.56. The van der Waals surface area contributed by atoms with Crippen LogP contribution in [0.15, 0.2) is 18.7 Å². The van der Waals surface area contributed by atoms with Crippen molar-refractivity contribution in [2.75, 3.05) is 12.8 Å². The highest BCUT2D eigenvalue weighted by Crippen LogP contribution is 2.20. The van der Waals surface area contributed by atoms with Gasteiger partial charge in [0.15, 0.2) is 11.3 Å². The van der Waals surface area contributed by atoms with E-state index in [4.69, 9.17) is 10.5 Å². The van der Waals surface area contributed by atoms with Gasteiger partial charge in [0.2, 0.25) is 5.88 Å². The third-order valence-corrected chi connectivity index (χ3v) is 1.64. The summed E-state index contributed by atoms with van der Waals surface area (Å²) in [6.07, 6.45) is 5.01. The molecule has 5 heteroatoms. The summed E-state index contributed by atoms with van der Waals surface area (Å²) in [6, 6.07) is 0. The van der Waals surface area contributed by atoms with Gasteiger partial charge in [0.05, 0.1) is 7.11 Å². The molecule has 0 fully saturated rings. The van der Waals surface area contributed by atoms with Gasteiger partial charge in [0.1, 0.15) is 6.33 Å². The van der Waals surface area contributed by atoms with Crippen molar-refractivity contribution in [3.05, 3.63) is 18.7 Å². The first kappa shape index (κ1) is 6.90. The van der Waals surface area contributed by atoms with Crippen molar-refractivity contribution >= 4 is 11.3 Å². The van der Waals surface area contributed by atoms with Crippen molar-refractivity contribution < 1.29 is 4.74 Å². The Labute approximate surface area is 68.8 Å². The first-order chi connectivity index (χ1) is 5.83. The number of rotatable bonds is 1. The Morgan fingerprint density at radius 3 is 3.08 bits per heavy atom. The van der Waals surface area contributed by atoms with Gasteiger partial charge in [-0.05, 0) is 0 Å². The lowest BCUT2D eigenvalue weighted by molar-refractivity contribution is 0.405. The number of nitrogens with two attached hydrogens (primary N) is 1. The molecule has 2 heterocycles. The molecule has 0 radical (unpaired) electrons. The maximum atomic E-state index is 5.63. The number of hydrogen-bond acceptors (Lipinski definition) is 4. The van der Waals surface area contributed by atoms with Gasteiger partial charge in [0, 0.05) is 12.4 Å². The van der Waals surface area contributed by atoms with Crippen LogP contribution in [-0.4, -0.2) is 21.5 Å². The molecule has 2 N–H and O–H groups in total. The van der Waals surface area contributed by atoms with Crippen LogP contribution in [0.4, 0.5) is 5.82 Å². The predicted molar refractivity (Wildman–Crippen MR) is 44.0 cm³/mol. The van der Waals surface area contributed by atoms with E-state index in [1.807, 2.05) is 0 Å². The molecule has 0 unspecified atom stereocenters. The fraction of sp³-hybridized carbons (Fsp3) is 0.143. The first-order valence-electron chi connectivity index (χ1n) is 3.44. The minimum Gasteiger partial charge on any atom is -0.479 e. The largest absolute Gasteiger partial charge is 0.479 e. The minimum absolute atomic E-state index is 0.423. The lowest BCUT2D eigenvalue weighted by Crippen LogP contribution is -1.95. The van der Waals surface area contributed by atoms with E-state index in [9.17, 15) is 0 Å². The van der Waals surface area contributed by atoms with E-state index in [-0.39, 0.29) is 0 Å². The van der Waals surface area contributed by atoms with Gasteiger partial charge in [-0.1, -0.05) is 0 Å². The van der Waals surface area contributed by atoms with E-state index in [0.717, 1.165) is 0 Å². The molecule has 0 saturated carbocycles. The number of nitrogens with zero attached hydrogens (tertiary/aromatic N) is 3. The van der Waals surface area contributed by atoms with Crippen LogP contribution in [0.3, 0.4) is 0 Å². The zero-order valence-corrected chi connectivity index (χ0v) is 6.56. The zero-order chi connectivity index (χ0) is 8.55. The van der Waals surface area contributed by atoms with E-state index in [1.165, 1.54) is 0 Å². The standard InChI is InChI=1S/C7H8N4O/c1-12-7-5-6(8)9-2-3-11(5)4-10-7/h2-4H,1H3,(H2,8,9). The van der Waals surface area contributed by atoms with Crippen LogP contribution in [0.25, 0.3) is 5.52 Å². The Balaban J connectivity index is 2.83. The third-order valence-electron chi connectivity index (χ3n) is 1.64. The second-order valence-electron chi connectivity index (χ2n) is 2.32. The summed E-state index contributed by atoms with van der Waals surface area (Å²) in [5.41, 5.74) is 6.33. The Morgan fingerprint density at radius 2 is 2.33 bits per heavy atom. The molecule has 12 heavy (non-hydrogen) atoms. The maximum Gasteiger partial charge on any atom is 0.243 e. The summed E-state index contributed by atoms with van der Waals surface area (Å²) >= 11 is 0. The van der Waals surface area contributed by atoms with E-state index < -0.39 is 0 Å². The van der Waals surface area contributed by atoms with Crippen LogP contribution < -0.4 is 10.5 Å². The van der Waals surface area contributed by atoms with Crippen LogP contribution in [-0.2, 0) is 0 Å². The molecule has 0 bridgehead atoms. The molecule has 0 spiro atoms. The number of ether oxygens (including phenoxy) is 1. The molecule has 5 nitrogen and oxygen atoms in total. The fourth-order valence-electron chi connectivity index (χ4n) is 1.09. The highest BCUT2D eigenvalue weighted by atomic mass is 16.5. The van der Waals surface area contributed by atoms with E-state index in [2.05, 4.69) is 9.97 Å². The van der Waals surface area contributed by atoms with Crippen LogP contribution in [0.1, 0.15) is 0 Å². The first-order valence-corrected chi connectivity index (χ1v) is 3.44. The second-order valence-corrected chi connectivity index (χ2v) is 2.32. The summed E-state index contributed by atoms with van der Waals surface area (Å²) in [5.74, 6) is 0.924. The fourth-order valence-corrected chi connectivity index (χ4v) is 1.09. The molecule has 0 aliphatic rings. The molecular weight excluding hydrogens is 156 g/mol. The number of fused-ring (bicyclic) bond motifs is 1. The lowest BCUT2D eigenvalue weighted by Gasteiger charge is -1.98. The summed E-state index contributed by atoms with van der Waals surface area (Å²) in [4.78, 5) is 7.92. The van der Waals surface area contributed by atoms with E-state index in [0.29, 0.717) is 17.2 Å². The minimum atomic E-state index is 0.423. The molecule has 0 aliphatic carbocycles. The molecule has 2 rings (SSSR count). The third kappa shape index (κ3) is 0.795. The molecular formula is C7H8N4O. The Kier molecular flexibility index (Phi) is 1.36. The van der Waals surface area contributed by atoms with Crippen molar-refractivity contribution in [3.63, 3.8) is 0 Å². The van der Waals surface area contributed by atoms with Gasteiger partial charge in [-0.2, -0.15) is 0 Å². The van der Waals surface area contributed by atoms with Crippen molar-refractivity contribution in [2.45, 2.75) is 0 Å². The van der Waals surface area contributed by atoms with Gasteiger partial charge in [-0.15, -0.1) is 0 Å². The van der Waals surface area contributed by atoms with Gasteiger partial charge in [-0.25, -0.2) is 9.97 Å². The molecule has 0 saturated heterocycles. The van der Waals surface area contributed by atoms with Gasteiger partial charge < -0.3 is 10.5 Å². The Hall–Kier alpha value is -1.78. The quantitative estimate of drug-likeness (QED) is 0.659. The maximum absolute atomic E-state index is 5.63. The Bertz CT molecular complexity index is 409. The summed E-state index contributed by atoms with van der Waals surface area (Å²) in [5, 5.41) is 0. The summed E-state index contributed by atoms with van der Waals surface area (Å²) in [7, 11) is 1.55. The summed E-state index contributed by atoms with van der Waals surface area (Å²) < 4.78 is 6.76. The number of anilines is 1. The van der Waals surface area contributed by atoms with Crippen LogP contribution >= 0.6 is 0 Å². The predicted octanol–water partition coefficient (Wildman–Crippen LogP) is 0.320. The SMILES string of the molecule is COc1ncn2ccnc(N)c12. The number of nitrogen functional groups attached to an aromatic ring is 1. The van der Waals surface area contributed by atoms with Gasteiger partial charge in [-0.3, -0.25) is 4.40 Å². The van der Waals surface area contributed by atoms with Crippen molar-refractivity contribution in [2.24, 2.45) is 0 Å². The molecule has 62 valence electrons. The second kappa shape index (κ2) is 2.37.